The molecule has 74 valence electrons. The van der Waals surface area contributed by atoms with E-state index in [4.69, 9.17) is 0 Å². The first-order valence-electron chi connectivity index (χ1n) is 4.66. The molecule has 1 atom stereocenters. The Morgan fingerprint density at radius 1 is 1.46 bits per heavy atom. The van der Waals surface area contributed by atoms with Gasteiger partial charge >= 0.3 is 0 Å². The topological polar surface area (TPSA) is 29.9 Å². The molecule has 3 nitrogen and oxygen atoms in total. The molecule has 3 heteroatoms. The monoisotopic (exact) mass is 181 g/mol. The summed E-state index contributed by atoms with van der Waals surface area (Å²) in [5.41, 5.74) is 0.268. The van der Waals surface area contributed by atoms with Gasteiger partial charge in [-0.1, -0.05) is 20.8 Å². The van der Waals surface area contributed by atoms with Crippen molar-refractivity contribution < 1.29 is 0 Å². The standard InChI is InChI=1S/C10H19N3/c1-8(10(2,3)4)12-9-6-7-11-13(9)5/h6-8,12H,1-5H3. The van der Waals surface area contributed by atoms with Gasteiger partial charge in [0, 0.05) is 19.2 Å². The van der Waals surface area contributed by atoms with Crippen molar-refractivity contribution in [3.63, 3.8) is 0 Å². The molecule has 1 unspecified atom stereocenters. The van der Waals surface area contributed by atoms with Gasteiger partial charge in [-0.05, 0) is 12.3 Å². The van der Waals surface area contributed by atoms with E-state index in [2.05, 4.69) is 38.1 Å². The van der Waals surface area contributed by atoms with Crippen molar-refractivity contribution in [2.45, 2.75) is 33.7 Å². The summed E-state index contributed by atoms with van der Waals surface area (Å²) in [7, 11) is 1.94. The lowest BCUT2D eigenvalue weighted by molar-refractivity contribution is 0.358. The Kier molecular flexibility index (Phi) is 2.64. The molecule has 0 saturated heterocycles. The molecule has 0 bridgehead atoms. The average Bonchev–Trinajstić information content (AvgIpc) is 2.34. The Hall–Kier alpha value is -0.990. The fourth-order valence-corrected chi connectivity index (χ4v) is 0.954. The lowest BCUT2D eigenvalue weighted by Crippen LogP contribution is -2.31. The molecular formula is C10H19N3. The third-order valence-corrected chi connectivity index (χ3v) is 2.48. The number of aryl methyl sites for hydroxylation is 1. The summed E-state index contributed by atoms with van der Waals surface area (Å²) in [5, 5.41) is 7.54. The van der Waals surface area contributed by atoms with Gasteiger partial charge in [0.2, 0.25) is 0 Å². The molecule has 1 aromatic heterocycles. The van der Waals surface area contributed by atoms with Crippen LogP contribution in [0.15, 0.2) is 12.3 Å². The lowest BCUT2D eigenvalue weighted by Gasteiger charge is -2.28. The minimum absolute atomic E-state index is 0.268. The Bertz CT molecular complexity index is 270. The van der Waals surface area contributed by atoms with Crippen LogP contribution < -0.4 is 5.32 Å². The second-order valence-electron chi connectivity index (χ2n) is 4.57. The smallest absolute Gasteiger partial charge is 0.124 e. The highest BCUT2D eigenvalue weighted by atomic mass is 15.3. The van der Waals surface area contributed by atoms with E-state index in [0.717, 1.165) is 5.82 Å². The maximum Gasteiger partial charge on any atom is 0.124 e. The molecule has 0 spiro atoms. The minimum atomic E-state index is 0.268. The summed E-state index contributed by atoms with van der Waals surface area (Å²) in [6.07, 6.45) is 1.80. The summed E-state index contributed by atoms with van der Waals surface area (Å²) in [4.78, 5) is 0. The van der Waals surface area contributed by atoms with Gasteiger partial charge in [0.05, 0.1) is 6.20 Å². The van der Waals surface area contributed by atoms with Crippen molar-refractivity contribution in [2.75, 3.05) is 5.32 Å². The third kappa shape index (κ3) is 2.47. The van der Waals surface area contributed by atoms with Gasteiger partial charge in [-0.25, -0.2) is 0 Å². The van der Waals surface area contributed by atoms with E-state index in [1.807, 2.05) is 17.8 Å². The molecule has 0 aliphatic carbocycles. The van der Waals surface area contributed by atoms with Gasteiger partial charge in [-0.15, -0.1) is 0 Å². The molecule has 0 aromatic carbocycles. The van der Waals surface area contributed by atoms with E-state index < -0.39 is 0 Å². The van der Waals surface area contributed by atoms with Crippen LogP contribution in [0.3, 0.4) is 0 Å². The maximum absolute atomic E-state index is 4.11. The molecule has 1 N–H and O–H groups in total. The van der Waals surface area contributed by atoms with Gasteiger partial charge in [0.1, 0.15) is 5.82 Å². The molecule has 0 saturated carbocycles. The molecular weight excluding hydrogens is 162 g/mol. The van der Waals surface area contributed by atoms with Crippen molar-refractivity contribution in [1.82, 2.24) is 9.78 Å². The van der Waals surface area contributed by atoms with E-state index in [1.54, 1.807) is 6.20 Å². The molecule has 0 amide bonds. The van der Waals surface area contributed by atoms with Gasteiger partial charge < -0.3 is 5.32 Å². The lowest BCUT2D eigenvalue weighted by atomic mass is 9.88. The highest BCUT2D eigenvalue weighted by molar-refractivity contribution is 5.35. The average molecular weight is 181 g/mol. The maximum atomic E-state index is 4.11. The zero-order valence-corrected chi connectivity index (χ0v) is 9.13. The van der Waals surface area contributed by atoms with E-state index in [-0.39, 0.29) is 5.41 Å². The van der Waals surface area contributed by atoms with Crippen molar-refractivity contribution in [2.24, 2.45) is 12.5 Å². The summed E-state index contributed by atoms with van der Waals surface area (Å²) < 4.78 is 1.85. The van der Waals surface area contributed by atoms with Crippen LogP contribution in [0, 0.1) is 5.41 Å². The fourth-order valence-electron chi connectivity index (χ4n) is 0.954. The van der Waals surface area contributed by atoms with Gasteiger partial charge in [0.15, 0.2) is 0 Å². The number of anilines is 1. The molecule has 1 rings (SSSR count). The van der Waals surface area contributed by atoms with Crippen LogP contribution in [-0.4, -0.2) is 15.8 Å². The molecule has 0 radical (unpaired) electrons. The highest BCUT2D eigenvalue weighted by Gasteiger charge is 2.20. The summed E-state index contributed by atoms with van der Waals surface area (Å²) in [6, 6.07) is 2.42. The predicted molar refractivity (Wildman–Crippen MR) is 55.7 cm³/mol. The fraction of sp³-hybridized carbons (Fsp3) is 0.700. The van der Waals surface area contributed by atoms with Gasteiger partial charge in [0.25, 0.3) is 0 Å². The number of hydrogen-bond acceptors (Lipinski definition) is 2. The molecule has 1 aromatic rings. The Balaban J connectivity index is 2.65. The van der Waals surface area contributed by atoms with Crippen LogP contribution in [0.1, 0.15) is 27.7 Å². The van der Waals surface area contributed by atoms with Crippen LogP contribution in [0.4, 0.5) is 5.82 Å². The zero-order chi connectivity index (χ0) is 10.1. The van der Waals surface area contributed by atoms with Crippen molar-refractivity contribution in [1.29, 1.82) is 0 Å². The third-order valence-electron chi connectivity index (χ3n) is 2.48. The van der Waals surface area contributed by atoms with Crippen molar-refractivity contribution in [3.05, 3.63) is 12.3 Å². The van der Waals surface area contributed by atoms with Gasteiger partial charge in [-0.2, -0.15) is 5.10 Å². The molecule has 13 heavy (non-hydrogen) atoms. The van der Waals surface area contributed by atoms with Crippen LogP contribution >= 0.6 is 0 Å². The number of rotatable bonds is 2. The number of nitrogens with zero attached hydrogens (tertiary/aromatic N) is 2. The first-order valence-corrected chi connectivity index (χ1v) is 4.66. The number of nitrogens with one attached hydrogen (secondary N) is 1. The van der Waals surface area contributed by atoms with E-state index >= 15 is 0 Å². The van der Waals surface area contributed by atoms with Crippen molar-refractivity contribution >= 4 is 5.82 Å². The first-order chi connectivity index (χ1) is 5.91. The molecule has 1 heterocycles. The zero-order valence-electron chi connectivity index (χ0n) is 9.13. The van der Waals surface area contributed by atoms with Crippen molar-refractivity contribution in [3.8, 4) is 0 Å². The van der Waals surface area contributed by atoms with E-state index in [1.165, 1.54) is 0 Å². The normalized spacial score (nSPS) is 14.2. The number of aromatic nitrogens is 2. The summed E-state index contributed by atoms with van der Waals surface area (Å²) >= 11 is 0. The molecule has 0 fully saturated rings. The molecule has 0 aliphatic rings. The second kappa shape index (κ2) is 3.40. The number of hydrogen-bond donors (Lipinski definition) is 1. The summed E-state index contributed by atoms with van der Waals surface area (Å²) in [6.45, 7) is 8.86. The Labute approximate surface area is 80.1 Å². The highest BCUT2D eigenvalue weighted by Crippen LogP contribution is 2.22. The second-order valence-corrected chi connectivity index (χ2v) is 4.57. The predicted octanol–water partition coefficient (Wildman–Crippen LogP) is 2.27. The van der Waals surface area contributed by atoms with Gasteiger partial charge in [-0.3, -0.25) is 4.68 Å². The quantitative estimate of drug-likeness (QED) is 0.758. The van der Waals surface area contributed by atoms with E-state index in [9.17, 15) is 0 Å². The van der Waals surface area contributed by atoms with E-state index in [0.29, 0.717) is 6.04 Å². The largest absolute Gasteiger partial charge is 0.367 e. The van der Waals surface area contributed by atoms with Crippen LogP contribution in [0.5, 0.6) is 0 Å². The summed E-state index contributed by atoms with van der Waals surface area (Å²) in [5.74, 6) is 1.07. The van der Waals surface area contributed by atoms with Crippen LogP contribution in [0.25, 0.3) is 0 Å². The first kappa shape index (κ1) is 10.1. The Morgan fingerprint density at radius 2 is 2.08 bits per heavy atom. The van der Waals surface area contributed by atoms with Crippen LogP contribution in [-0.2, 0) is 7.05 Å². The Morgan fingerprint density at radius 3 is 2.46 bits per heavy atom. The SMILES string of the molecule is CC(Nc1ccnn1C)C(C)(C)C. The molecule has 0 aliphatic heterocycles. The van der Waals surface area contributed by atoms with Crippen LogP contribution in [0.2, 0.25) is 0 Å². The minimum Gasteiger partial charge on any atom is -0.367 e.